The third-order valence-electron chi connectivity index (χ3n) is 23.7. The second-order valence-electron chi connectivity index (χ2n) is 30.0. The summed E-state index contributed by atoms with van der Waals surface area (Å²) in [5, 5.41) is 16.8. The van der Waals surface area contributed by atoms with E-state index in [4.69, 9.17) is 47.6 Å². The molecule has 16 aromatic carbocycles. The van der Waals surface area contributed by atoms with Crippen molar-refractivity contribution in [3.8, 4) is 79.9 Å². The van der Waals surface area contributed by atoms with Gasteiger partial charge < -0.3 is 26.8 Å². The van der Waals surface area contributed by atoms with Crippen molar-refractivity contribution in [2.45, 2.75) is 0 Å². The van der Waals surface area contributed by atoms with Crippen LogP contribution >= 0.6 is 0 Å². The Morgan fingerprint density at radius 2 is 0.526 bits per heavy atom. The van der Waals surface area contributed by atoms with E-state index in [2.05, 4.69) is 297 Å². The lowest BCUT2D eigenvalue weighted by Gasteiger charge is -2.12. The number of furan rings is 4. The van der Waals surface area contributed by atoms with Crippen LogP contribution in [0.3, 0.4) is 0 Å². The number of para-hydroxylation sites is 10. The van der Waals surface area contributed by atoms with E-state index in [1.165, 1.54) is 10.8 Å². The molecule has 116 heavy (non-hydrogen) atoms. The summed E-state index contributed by atoms with van der Waals surface area (Å²) in [4.78, 5) is 32.6. The molecule has 0 aliphatic carbocycles. The maximum absolute atomic E-state index is 7.22. The zero-order valence-electron chi connectivity index (χ0n) is 61.4. The highest BCUT2D eigenvalue weighted by molar-refractivity contribution is 6.18. The molecule has 26 aromatic rings. The summed E-state index contributed by atoms with van der Waals surface area (Å²) in [6.07, 6.45) is 0. The van der Waals surface area contributed by atoms with Gasteiger partial charge in [0.15, 0.2) is 34.5 Å². The molecular weight excluding hydrogens is 1430 g/mol. The fraction of sp³-hybridized carbons (Fsp3) is 0. The number of hydrogen-bond donors (Lipinski definition) is 0. The second-order valence-corrected chi connectivity index (χ2v) is 30.0. The molecule has 0 radical (unpaired) electrons. The Bertz CT molecular complexity index is 8670. The van der Waals surface area contributed by atoms with Gasteiger partial charge in [-0.1, -0.05) is 212 Å². The van der Waals surface area contributed by atoms with Crippen molar-refractivity contribution in [2.75, 3.05) is 0 Å². The van der Waals surface area contributed by atoms with Crippen LogP contribution in [-0.2, 0) is 0 Å². The molecule has 26 rings (SSSR count). The van der Waals surface area contributed by atoms with Gasteiger partial charge in [0.1, 0.15) is 33.5 Å². The van der Waals surface area contributed by atoms with Gasteiger partial charge in [-0.25, -0.2) is 9.97 Å². The van der Waals surface area contributed by atoms with Crippen molar-refractivity contribution in [2.24, 2.45) is 0 Å². The molecule has 538 valence electrons. The minimum absolute atomic E-state index is 0.462. The molecule has 14 heteroatoms. The Balaban J connectivity index is 0.611. The first-order valence-electron chi connectivity index (χ1n) is 38.8. The van der Waals surface area contributed by atoms with Gasteiger partial charge in [-0.15, -0.1) is 0 Å². The standard InChI is InChI=1S/C102H56N10O4/c1-9-31-78-62(20-1)63-21-2-10-32-79(63)109(78)85-37-17-28-72-71-49-44-61(56-93(71)115-95(72)85)99-104-100(75-30-19-41-91-94(75)74-27-8-16-40-89(74)114-91)108-102(107-99)112-83-36-14-5-24-66(83)68-47-42-58(54-87(68)112)57-45-50-84-76(52-57)67-25-6-11-33-80(67)110(84)86-38-18-29-73-70-48-43-60(55-92(70)116-96(73)86)98-103-97(59-46-51-90-77(53-59)69-26-7-15-39-88(69)113-90)105-101(106-98)111-81-34-12-3-22-64(81)65-23-4-13-35-82(65)111/h1-56H. The van der Waals surface area contributed by atoms with Gasteiger partial charge in [0, 0.05) is 108 Å². The lowest BCUT2D eigenvalue weighted by Crippen LogP contribution is -2.06. The summed E-state index contributed by atoms with van der Waals surface area (Å²) < 4.78 is 36.2. The molecule has 0 saturated carbocycles. The molecule has 0 fully saturated rings. The summed E-state index contributed by atoms with van der Waals surface area (Å²) >= 11 is 0. The van der Waals surface area contributed by atoms with Gasteiger partial charge in [0.05, 0.1) is 55.5 Å². The van der Waals surface area contributed by atoms with Gasteiger partial charge in [0.25, 0.3) is 0 Å². The largest absolute Gasteiger partial charge is 0.456 e. The Kier molecular flexibility index (Phi) is 12.8. The molecule has 0 unspecified atom stereocenters. The summed E-state index contributed by atoms with van der Waals surface area (Å²) in [7, 11) is 0. The second kappa shape index (κ2) is 23.7. The monoisotopic (exact) mass is 1480 g/mol. The van der Waals surface area contributed by atoms with Crippen LogP contribution in [0.2, 0.25) is 0 Å². The average Bonchev–Trinajstić information content (AvgIpc) is 1.58. The van der Waals surface area contributed by atoms with E-state index in [9.17, 15) is 0 Å². The lowest BCUT2D eigenvalue weighted by molar-refractivity contribution is 0.666. The molecule has 0 aliphatic rings. The fourth-order valence-electron chi connectivity index (χ4n) is 18.6. The van der Waals surface area contributed by atoms with E-state index in [0.717, 1.165) is 198 Å². The number of hydrogen-bond acceptors (Lipinski definition) is 10. The molecule has 0 spiro atoms. The van der Waals surface area contributed by atoms with Crippen molar-refractivity contribution >= 4 is 175 Å². The molecule has 0 N–H and O–H groups in total. The Morgan fingerprint density at radius 3 is 1.09 bits per heavy atom. The van der Waals surface area contributed by atoms with E-state index < -0.39 is 0 Å². The highest BCUT2D eigenvalue weighted by Gasteiger charge is 2.27. The zero-order valence-corrected chi connectivity index (χ0v) is 61.4. The number of fused-ring (bicyclic) bond motifs is 24. The molecule has 0 bridgehead atoms. The van der Waals surface area contributed by atoms with Crippen molar-refractivity contribution in [1.82, 2.24) is 48.2 Å². The molecule has 14 nitrogen and oxygen atoms in total. The molecular formula is C102H56N10O4. The van der Waals surface area contributed by atoms with Gasteiger partial charge in [-0.05, 0) is 139 Å². The van der Waals surface area contributed by atoms with Gasteiger partial charge in [-0.3, -0.25) is 9.13 Å². The first kappa shape index (κ1) is 62.7. The maximum atomic E-state index is 7.22. The van der Waals surface area contributed by atoms with E-state index in [1.807, 2.05) is 60.7 Å². The van der Waals surface area contributed by atoms with Crippen LogP contribution in [-0.4, -0.2) is 48.2 Å². The smallest absolute Gasteiger partial charge is 0.238 e. The van der Waals surface area contributed by atoms with Crippen molar-refractivity contribution in [1.29, 1.82) is 0 Å². The molecule has 10 aromatic heterocycles. The summed E-state index contributed by atoms with van der Waals surface area (Å²) in [6.45, 7) is 0. The molecule has 0 aliphatic heterocycles. The number of benzene rings is 16. The molecule has 0 saturated heterocycles. The lowest BCUT2D eigenvalue weighted by atomic mass is 10.0. The van der Waals surface area contributed by atoms with Crippen LogP contribution in [0.25, 0.3) is 255 Å². The van der Waals surface area contributed by atoms with Gasteiger partial charge in [-0.2, -0.15) is 19.9 Å². The first-order valence-corrected chi connectivity index (χ1v) is 38.8. The van der Waals surface area contributed by atoms with Crippen LogP contribution in [0.1, 0.15) is 0 Å². The van der Waals surface area contributed by atoms with E-state index in [0.29, 0.717) is 46.4 Å². The van der Waals surface area contributed by atoms with Crippen LogP contribution in [0, 0.1) is 0 Å². The molecule has 10 heterocycles. The van der Waals surface area contributed by atoms with Crippen LogP contribution in [0.15, 0.2) is 357 Å². The predicted molar refractivity (Wildman–Crippen MR) is 467 cm³/mol. The molecule has 0 atom stereocenters. The normalized spacial score (nSPS) is 12.3. The summed E-state index contributed by atoms with van der Waals surface area (Å²) in [5.41, 5.74) is 21.4. The Hall–Kier alpha value is -16.1. The highest BCUT2D eigenvalue weighted by Crippen LogP contribution is 2.46. The van der Waals surface area contributed by atoms with Crippen molar-refractivity contribution in [3.63, 3.8) is 0 Å². The number of rotatable bonds is 9. The van der Waals surface area contributed by atoms with E-state index in [-0.39, 0.29) is 0 Å². The SMILES string of the molecule is c1ccc2c(c1)oc1ccc(-c3nc(-c4ccc5c(c4)oc4c(-n6c7ccccc7c7cc(-c8ccc9c%10ccccc%10n(-c%10nc(-c%11ccc%12c(c%11)oc%11c(-n%13c%14ccccc%14c%14ccccc%14%13)cccc%11%12)nc(-c%11cccc%12oc%13ccccc%13c%11%12)n%10)c9c8)ccc76)cccc45)nc(-n4c5ccccc5c5ccccc54)n3)cc12. The summed E-state index contributed by atoms with van der Waals surface area (Å²) in [5.74, 6) is 2.99. The predicted octanol–water partition coefficient (Wildman–Crippen LogP) is 26.4. The minimum Gasteiger partial charge on any atom is -0.456 e. The quantitative estimate of drug-likeness (QED) is 0.137. The van der Waals surface area contributed by atoms with Crippen LogP contribution in [0.5, 0.6) is 0 Å². The van der Waals surface area contributed by atoms with Crippen molar-refractivity contribution < 1.29 is 17.7 Å². The average molecular weight is 1490 g/mol. The topological polar surface area (TPSA) is 150 Å². The highest BCUT2D eigenvalue weighted by atomic mass is 16.3. The van der Waals surface area contributed by atoms with Crippen LogP contribution in [0.4, 0.5) is 0 Å². The third-order valence-corrected chi connectivity index (χ3v) is 23.7. The van der Waals surface area contributed by atoms with Gasteiger partial charge in [0.2, 0.25) is 11.9 Å². The number of aromatic nitrogens is 10. The minimum atomic E-state index is 0.462. The third kappa shape index (κ3) is 9.05. The Morgan fingerprint density at radius 1 is 0.181 bits per heavy atom. The molecule has 0 amide bonds. The van der Waals surface area contributed by atoms with Crippen LogP contribution < -0.4 is 0 Å². The fourth-order valence-corrected chi connectivity index (χ4v) is 18.6. The zero-order chi connectivity index (χ0) is 75.5. The van der Waals surface area contributed by atoms with E-state index >= 15 is 0 Å². The van der Waals surface area contributed by atoms with E-state index in [1.54, 1.807) is 0 Å². The van der Waals surface area contributed by atoms with Crippen molar-refractivity contribution in [3.05, 3.63) is 340 Å². The maximum Gasteiger partial charge on any atom is 0.238 e. The number of nitrogens with zero attached hydrogens (tertiary/aromatic N) is 10. The summed E-state index contributed by atoms with van der Waals surface area (Å²) in [6, 6.07) is 119. The van der Waals surface area contributed by atoms with Gasteiger partial charge >= 0.3 is 0 Å². The first-order chi connectivity index (χ1) is 57.5. The Labute approximate surface area is 656 Å².